The Morgan fingerprint density at radius 3 is 2.61 bits per heavy atom. The molecule has 0 bridgehead atoms. The van der Waals surface area contributed by atoms with Gasteiger partial charge in [0.25, 0.3) is 0 Å². The highest BCUT2D eigenvalue weighted by Gasteiger charge is 2.15. The second-order valence-corrected chi connectivity index (χ2v) is 4.70. The van der Waals surface area contributed by atoms with Crippen LogP contribution in [0.1, 0.15) is 17.9 Å². The summed E-state index contributed by atoms with van der Waals surface area (Å²) in [6, 6.07) is 4.76. The standard InChI is InChI=1S/C10H15ClN2O3S.ClH/c1-6(12)10(11)7-3-4-9(16-2)8(5-7)13-17(14)15;/h3-6,10,13H,12H2,1-2H3,(H,14,15);1H/p-1. The summed E-state index contributed by atoms with van der Waals surface area (Å²) in [4.78, 5) is 0. The van der Waals surface area contributed by atoms with Gasteiger partial charge in [0.15, 0.2) is 0 Å². The first-order valence-corrected chi connectivity index (χ1v) is 6.40. The first kappa shape index (κ1) is 17.5. The summed E-state index contributed by atoms with van der Waals surface area (Å²) in [5.74, 6) is 0.423. The Balaban J connectivity index is 0.00000289. The first-order valence-electron chi connectivity index (χ1n) is 4.89. The fourth-order valence-electron chi connectivity index (χ4n) is 1.37. The van der Waals surface area contributed by atoms with E-state index in [9.17, 15) is 8.76 Å². The van der Waals surface area contributed by atoms with Crippen molar-refractivity contribution >= 4 is 41.0 Å². The molecule has 0 fully saturated rings. The van der Waals surface area contributed by atoms with Crippen LogP contribution in [0.15, 0.2) is 18.2 Å². The van der Waals surface area contributed by atoms with E-state index in [1.54, 1.807) is 25.1 Å². The molecule has 0 heterocycles. The number of hydrogen-bond donors (Lipinski definition) is 2. The summed E-state index contributed by atoms with van der Waals surface area (Å²) in [5, 5.41) is -0.387. The molecule has 3 N–H and O–H groups in total. The maximum Gasteiger partial charge on any atom is 0.142 e. The van der Waals surface area contributed by atoms with Crippen LogP contribution in [-0.2, 0) is 11.3 Å². The topological polar surface area (TPSA) is 87.4 Å². The van der Waals surface area contributed by atoms with E-state index < -0.39 is 11.3 Å². The van der Waals surface area contributed by atoms with Crippen molar-refractivity contribution in [2.75, 3.05) is 11.8 Å². The van der Waals surface area contributed by atoms with Gasteiger partial charge >= 0.3 is 0 Å². The normalized spacial score (nSPS) is 15.2. The van der Waals surface area contributed by atoms with Crippen molar-refractivity contribution in [3.05, 3.63) is 23.8 Å². The van der Waals surface area contributed by atoms with Crippen LogP contribution in [0.2, 0.25) is 0 Å². The maximum atomic E-state index is 10.6. The lowest BCUT2D eigenvalue weighted by Crippen LogP contribution is -2.21. The SMILES string of the molecule is COc1ccc(C(Cl)C(C)N)cc1NS(=O)[O-].Cl. The molecule has 5 nitrogen and oxygen atoms in total. The second-order valence-electron chi connectivity index (χ2n) is 3.56. The molecule has 0 saturated carbocycles. The monoisotopic (exact) mass is 313 g/mol. The molecular formula is C10H15Cl2N2O3S-. The van der Waals surface area contributed by atoms with Crippen molar-refractivity contribution in [2.24, 2.45) is 5.73 Å². The third-order valence-electron chi connectivity index (χ3n) is 2.20. The number of nitrogens with one attached hydrogen (secondary N) is 1. The molecule has 0 amide bonds. The van der Waals surface area contributed by atoms with Gasteiger partial charge in [-0.2, -0.15) is 0 Å². The Bertz CT molecular complexity index is 418. The molecular weight excluding hydrogens is 299 g/mol. The van der Waals surface area contributed by atoms with E-state index in [2.05, 4.69) is 4.72 Å². The van der Waals surface area contributed by atoms with E-state index in [0.29, 0.717) is 11.4 Å². The average Bonchev–Trinajstić information content (AvgIpc) is 2.27. The average molecular weight is 314 g/mol. The number of halogens is 2. The second kappa shape index (κ2) is 7.81. The van der Waals surface area contributed by atoms with Crippen LogP contribution in [0.4, 0.5) is 5.69 Å². The van der Waals surface area contributed by atoms with Crippen molar-refractivity contribution in [1.29, 1.82) is 0 Å². The molecule has 0 spiro atoms. The molecule has 1 rings (SSSR count). The zero-order chi connectivity index (χ0) is 13.0. The zero-order valence-electron chi connectivity index (χ0n) is 9.88. The third kappa shape index (κ3) is 4.62. The number of ether oxygens (including phenoxy) is 1. The zero-order valence-corrected chi connectivity index (χ0v) is 12.3. The maximum absolute atomic E-state index is 10.6. The third-order valence-corrected chi connectivity index (χ3v) is 3.23. The van der Waals surface area contributed by atoms with Gasteiger partial charge in [-0.05, 0) is 24.6 Å². The lowest BCUT2D eigenvalue weighted by atomic mass is 10.1. The Kier molecular flexibility index (Phi) is 7.58. The highest BCUT2D eigenvalue weighted by Crippen LogP contribution is 2.31. The minimum absolute atomic E-state index is 0. The molecule has 3 atom stereocenters. The van der Waals surface area contributed by atoms with Crippen LogP contribution < -0.4 is 15.2 Å². The van der Waals surface area contributed by atoms with E-state index in [-0.39, 0.29) is 23.8 Å². The van der Waals surface area contributed by atoms with E-state index >= 15 is 0 Å². The number of anilines is 1. The van der Waals surface area contributed by atoms with Gasteiger partial charge in [-0.25, -0.2) is 0 Å². The van der Waals surface area contributed by atoms with Gasteiger partial charge in [0, 0.05) is 17.3 Å². The summed E-state index contributed by atoms with van der Waals surface area (Å²) in [5.41, 5.74) is 6.75. The molecule has 3 unspecified atom stereocenters. The Labute approximate surface area is 120 Å². The number of alkyl halides is 1. The molecule has 0 radical (unpaired) electrons. The highest BCUT2D eigenvalue weighted by molar-refractivity contribution is 7.80. The summed E-state index contributed by atoms with van der Waals surface area (Å²) < 4.78 is 28.5. The van der Waals surface area contributed by atoms with Gasteiger partial charge in [0.2, 0.25) is 0 Å². The molecule has 104 valence electrons. The largest absolute Gasteiger partial charge is 0.755 e. The molecule has 0 saturated heterocycles. The number of rotatable bonds is 5. The molecule has 0 aliphatic carbocycles. The highest BCUT2D eigenvalue weighted by atomic mass is 35.5. The fraction of sp³-hybridized carbons (Fsp3) is 0.400. The van der Waals surface area contributed by atoms with Crippen LogP contribution in [0, 0.1) is 0 Å². The van der Waals surface area contributed by atoms with Gasteiger partial charge in [0.1, 0.15) is 5.75 Å². The molecule has 8 heteroatoms. The Morgan fingerprint density at radius 1 is 1.56 bits per heavy atom. The molecule has 1 aromatic carbocycles. The summed E-state index contributed by atoms with van der Waals surface area (Å²) >= 11 is 3.68. The molecule has 18 heavy (non-hydrogen) atoms. The summed E-state index contributed by atoms with van der Waals surface area (Å²) in [6.07, 6.45) is 0. The lowest BCUT2D eigenvalue weighted by Gasteiger charge is -2.18. The quantitative estimate of drug-likeness (QED) is 0.642. The van der Waals surface area contributed by atoms with E-state index in [1.165, 1.54) is 7.11 Å². The Hall–Kier alpha value is -0.530. The van der Waals surface area contributed by atoms with Crippen LogP contribution in [0.5, 0.6) is 5.75 Å². The fourth-order valence-corrected chi connectivity index (χ4v) is 1.85. The van der Waals surface area contributed by atoms with Gasteiger partial charge in [0.05, 0.1) is 18.2 Å². The van der Waals surface area contributed by atoms with Crippen molar-refractivity contribution in [2.45, 2.75) is 18.3 Å². The number of hydrogen-bond acceptors (Lipinski definition) is 4. The molecule has 0 aromatic heterocycles. The number of benzene rings is 1. The predicted molar refractivity (Wildman–Crippen MR) is 75.0 cm³/mol. The smallest absolute Gasteiger partial charge is 0.142 e. The predicted octanol–water partition coefficient (Wildman–Crippen LogP) is 1.95. The lowest BCUT2D eigenvalue weighted by molar-refractivity contribution is 0.416. The van der Waals surface area contributed by atoms with E-state index in [4.69, 9.17) is 22.1 Å². The number of methoxy groups -OCH3 is 1. The number of nitrogens with two attached hydrogens (primary N) is 1. The minimum atomic E-state index is -2.41. The minimum Gasteiger partial charge on any atom is -0.755 e. The first-order chi connectivity index (χ1) is 7.95. The van der Waals surface area contributed by atoms with Gasteiger partial charge in [-0.1, -0.05) is 6.07 Å². The van der Waals surface area contributed by atoms with Crippen molar-refractivity contribution in [3.63, 3.8) is 0 Å². The Morgan fingerprint density at radius 2 is 2.17 bits per heavy atom. The van der Waals surface area contributed by atoms with Crippen molar-refractivity contribution in [3.8, 4) is 5.75 Å². The van der Waals surface area contributed by atoms with Crippen LogP contribution in [0.25, 0.3) is 0 Å². The molecule has 0 aliphatic heterocycles. The van der Waals surface area contributed by atoms with Crippen LogP contribution in [0.3, 0.4) is 0 Å². The molecule has 1 aromatic rings. The van der Waals surface area contributed by atoms with E-state index in [0.717, 1.165) is 5.56 Å². The van der Waals surface area contributed by atoms with Crippen LogP contribution >= 0.6 is 24.0 Å². The van der Waals surface area contributed by atoms with Crippen molar-refractivity contribution < 1.29 is 13.5 Å². The summed E-state index contributed by atoms with van der Waals surface area (Å²) in [7, 11) is 1.46. The van der Waals surface area contributed by atoms with E-state index in [1.807, 2.05) is 0 Å². The van der Waals surface area contributed by atoms with Crippen molar-refractivity contribution in [1.82, 2.24) is 0 Å². The van der Waals surface area contributed by atoms with Gasteiger partial charge in [-0.15, -0.1) is 24.0 Å². The molecule has 0 aliphatic rings. The van der Waals surface area contributed by atoms with Gasteiger partial charge in [-0.3, -0.25) is 4.21 Å². The van der Waals surface area contributed by atoms with Crippen LogP contribution in [-0.4, -0.2) is 21.9 Å². The summed E-state index contributed by atoms with van der Waals surface area (Å²) in [6.45, 7) is 1.78. The van der Waals surface area contributed by atoms with Gasteiger partial charge < -0.3 is 19.7 Å².